The summed E-state index contributed by atoms with van der Waals surface area (Å²) in [6, 6.07) is 3.36. The highest BCUT2D eigenvalue weighted by Gasteiger charge is 2.29. The maximum Gasteiger partial charge on any atom is 0.359 e. The summed E-state index contributed by atoms with van der Waals surface area (Å²) in [5.41, 5.74) is 10.9. The topological polar surface area (TPSA) is 134 Å². The summed E-state index contributed by atoms with van der Waals surface area (Å²) in [5, 5.41) is 13.0. The molecule has 0 aliphatic carbocycles. The number of nitrogens with two attached hydrogens (primary N) is 2. The first kappa shape index (κ1) is 14.7. The smallest absolute Gasteiger partial charge is 0.359 e. The van der Waals surface area contributed by atoms with Gasteiger partial charge in [0, 0.05) is 4.88 Å². The molecule has 0 bridgehead atoms. The predicted molar refractivity (Wildman–Crippen MR) is 79.0 cm³/mol. The van der Waals surface area contributed by atoms with Crippen molar-refractivity contribution >= 4 is 34.5 Å². The summed E-state index contributed by atoms with van der Waals surface area (Å²) in [7, 11) is 0. The number of carbonyl (C=O) groups is 1. The van der Waals surface area contributed by atoms with Gasteiger partial charge >= 0.3 is 11.7 Å². The van der Waals surface area contributed by atoms with E-state index in [9.17, 15) is 14.9 Å². The van der Waals surface area contributed by atoms with Gasteiger partial charge in [-0.15, -0.1) is 11.3 Å². The van der Waals surface area contributed by atoms with Gasteiger partial charge in [-0.25, -0.2) is 9.78 Å². The molecule has 0 fully saturated rings. The van der Waals surface area contributed by atoms with Crippen LogP contribution >= 0.6 is 11.3 Å². The summed E-state index contributed by atoms with van der Waals surface area (Å²) < 4.78 is 4.83. The molecule has 2 heterocycles. The summed E-state index contributed by atoms with van der Waals surface area (Å²) >= 11 is 1.24. The Hall–Kier alpha value is -2.68. The molecule has 2 aromatic rings. The first-order valence-corrected chi connectivity index (χ1v) is 6.79. The monoisotopic (exact) mass is 308 g/mol. The van der Waals surface area contributed by atoms with E-state index in [0.717, 1.165) is 0 Å². The van der Waals surface area contributed by atoms with Gasteiger partial charge in [-0.1, -0.05) is 6.07 Å². The van der Waals surface area contributed by atoms with Gasteiger partial charge in [0.15, 0.2) is 5.69 Å². The lowest BCUT2D eigenvalue weighted by atomic mass is 10.1. The third-order valence-electron chi connectivity index (χ3n) is 2.66. The Kier molecular flexibility index (Phi) is 4.03. The average molecular weight is 308 g/mol. The predicted octanol–water partition coefficient (Wildman–Crippen LogP) is 2.06. The van der Waals surface area contributed by atoms with Gasteiger partial charge < -0.3 is 16.2 Å². The van der Waals surface area contributed by atoms with Crippen molar-refractivity contribution < 1.29 is 14.5 Å². The molecule has 21 heavy (non-hydrogen) atoms. The molecule has 0 aliphatic rings. The van der Waals surface area contributed by atoms with Gasteiger partial charge in [0.2, 0.25) is 5.82 Å². The SMILES string of the molecule is CCOC(=O)c1nc(N)c([N+](=O)[O-])c(-c2cccs2)c1N. The van der Waals surface area contributed by atoms with Crippen molar-refractivity contribution in [2.24, 2.45) is 0 Å². The zero-order chi connectivity index (χ0) is 15.6. The number of nitrogens with zero attached hydrogens (tertiary/aromatic N) is 2. The lowest BCUT2D eigenvalue weighted by Gasteiger charge is -2.11. The Bertz CT molecular complexity index is 700. The molecule has 110 valence electrons. The van der Waals surface area contributed by atoms with Crippen LogP contribution < -0.4 is 11.5 Å². The summed E-state index contributed by atoms with van der Waals surface area (Å²) in [6.07, 6.45) is 0. The summed E-state index contributed by atoms with van der Waals surface area (Å²) in [4.78, 5) is 26.6. The van der Waals surface area contributed by atoms with Crippen LogP contribution in [0.25, 0.3) is 10.4 Å². The Morgan fingerprint density at radius 1 is 1.52 bits per heavy atom. The van der Waals surface area contributed by atoms with Crippen LogP contribution in [0.5, 0.6) is 0 Å². The number of aromatic nitrogens is 1. The molecule has 2 rings (SSSR count). The second-order valence-electron chi connectivity index (χ2n) is 3.94. The van der Waals surface area contributed by atoms with Gasteiger partial charge in [0.05, 0.1) is 22.8 Å². The van der Waals surface area contributed by atoms with Gasteiger partial charge in [-0.05, 0) is 18.4 Å². The normalized spacial score (nSPS) is 10.3. The van der Waals surface area contributed by atoms with Crippen LogP contribution in [0.2, 0.25) is 0 Å². The zero-order valence-corrected chi connectivity index (χ0v) is 11.8. The Balaban J connectivity index is 2.75. The Labute approximate surface area is 123 Å². The average Bonchev–Trinajstić information content (AvgIpc) is 2.93. The summed E-state index contributed by atoms with van der Waals surface area (Å²) in [5.74, 6) is -1.14. The van der Waals surface area contributed by atoms with E-state index in [0.29, 0.717) is 4.88 Å². The standard InChI is InChI=1S/C12H12N4O4S/c1-2-20-12(17)9-8(13)7(6-4-3-5-21-6)10(16(18)19)11(14)15-9/h3-5H,2,13H2,1H3,(H2,14,15). The van der Waals surface area contributed by atoms with Gasteiger partial charge in [-0.2, -0.15) is 0 Å². The molecule has 0 radical (unpaired) electrons. The van der Waals surface area contributed by atoms with Crippen molar-refractivity contribution in [3.8, 4) is 10.4 Å². The molecule has 2 aromatic heterocycles. The number of hydrogen-bond donors (Lipinski definition) is 2. The Morgan fingerprint density at radius 2 is 2.24 bits per heavy atom. The maximum absolute atomic E-state index is 11.8. The quantitative estimate of drug-likeness (QED) is 0.501. The van der Waals surface area contributed by atoms with Crippen molar-refractivity contribution in [1.29, 1.82) is 0 Å². The van der Waals surface area contributed by atoms with Gasteiger partial charge in [0.25, 0.3) is 0 Å². The van der Waals surface area contributed by atoms with Crippen LogP contribution in [-0.2, 0) is 4.74 Å². The van der Waals surface area contributed by atoms with Crippen molar-refractivity contribution in [3.05, 3.63) is 33.3 Å². The molecule has 8 nitrogen and oxygen atoms in total. The molecular weight excluding hydrogens is 296 g/mol. The number of rotatable bonds is 4. The van der Waals surface area contributed by atoms with E-state index in [4.69, 9.17) is 16.2 Å². The first-order valence-electron chi connectivity index (χ1n) is 5.91. The van der Waals surface area contributed by atoms with E-state index in [1.54, 1.807) is 24.4 Å². The molecule has 4 N–H and O–H groups in total. The highest BCUT2D eigenvalue weighted by molar-refractivity contribution is 7.13. The fraction of sp³-hybridized carbons (Fsp3) is 0.167. The number of thiophene rings is 1. The van der Waals surface area contributed by atoms with E-state index in [1.807, 2.05) is 0 Å². The number of nitrogen functional groups attached to an aromatic ring is 2. The van der Waals surface area contributed by atoms with Crippen molar-refractivity contribution in [1.82, 2.24) is 4.98 Å². The lowest BCUT2D eigenvalue weighted by molar-refractivity contribution is -0.383. The fourth-order valence-corrected chi connectivity index (χ4v) is 2.60. The number of esters is 1. The van der Waals surface area contributed by atoms with Gasteiger partial charge in [0.1, 0.15) is 0 Å². The third kappa shape index (κ3) is 2.63. The molecular formula is C12H12N4O4S. The van der Waals surface area contributed by atoms with Crippen LogP contribution in [0.3, 0.4) is 0 Å². The minimum atomic E-state index is -0.769. The molecule has 0 atom stereocenters. The number of hydrogen-bond acceptors (Lipinski definition) is 8. The molecule has 0 unspecified atom stereocenters. The largest absolute Gasteiger partial charge is 0.461 e. The van der Waals surface area contributed by atoms with Crippen LogP contribution in [0.4, 0.5) is 17.2 Å². The van der Waals surface area contributed by atoms with Crippen LogP contribution in [0, 0.1) is 10.1 Å². The molecule has 0 saturated heterocycles. The third-order valence-corrected chi connectivity index (χ3v) is 3.54. The van der Waals surface area contributed by atoms with Crippen molar-refractivity contribution in [3.63, 3.8) is 0 Å². The highest BCUT2D eigenvalue weighted by atomic mass is 32.1. The zero-order valence-electron chi connectivity index (χ0n) is 11.0. The van der Waals surface area contributed by atoms with Crippen molar-refractivity contribution in [2.45, 2.75) is 6.92 Å². The molecule has 0 aromatic carbocycles. The lowest BCUT2D eigenvalue weighted by Crippen LogP contribution is -2.14. The van der Waals surface area contributed by atoms with E-state index in [-0.39, 0.29) is 29.4 Å². The van der Waals surface area contributed by atoms with Crippen LogP contribution in [0.15, 0.2) is 17.5 Å². The number of carbonyl (C=O) groups excluding carboxylic acids is 1. The molecule has 0 amide bonds. The second-order valence-corrected chi connectivity index (χ2v) is 4.89. The van der Waals surface area contributed by atoms with E-state index in [2.05, 4.69) is 4.98 Å². The molecule has 9 heteroatoms. The van der Waals surface area contributed by atoms with Crippen LogP contribution in [-0.4, -0.2) is 22.5 Å². The minimum absolute atomic E-state index is 0.0885. The highest BCUT2D eigenvalue weighted by Crippen LogP contribution is 2.41. The summed E-state index contributed by atoms with van der Waals surface area (Å²) in [6.45, 7) is 1.76. The Morgan fingerprint density at radius 3 is 2.76 bits per heavy atom. The molecule has 0 spiro atoms. The van der Waals surface area contributed by atoms with Crippen LogP contribution in [0.1, 0.15) is 17.4 Å². The van der Waals surface area contributed by atoms with E-state index < -0.39 is 16.6 Å². The minimum Gasteiger partial charge on any atom is -0.461 e. The van der Waals surface area contributed by atoms with E-state index in [1.165, 1.54) is 11.3 Å². The number of pyridine rings is 1. The maximum atomic E-state index is 11.8. The fourth-order valence-electron chi connectivity index (χ4n) is 1.82. The van der Waals surface area contributed by atoms with E-state index >= 15 is 0 Å². The number of ether oxygens (including phenoxy) is 1. The van der Waals surface area contributed by atoms with Crippen molar-refractivity contribution in [2.75, 3.05) is 18.1 Å². The van der Waals surface area contributed by atoms with Gasteiger partial charge in [-0.3, -0.25) is 10.1 Å². The molecule has 0 aliphatic heterocycles. The molecule has 0 saturated carbocycles. The number of anilines is 2. The second kappa shape index (κ2) is 5.75. The first-order chi connectivity index (χ1) is 9.97. The number of nitro groups is 1.